The van der Waals surface area contributed by atoms with Crippen molar-refractivity contribution in [3.8, 4) is 0 Å². The first-order valence-electron chi connectivity index (χ1n) is 8.33. The van der Waals surface area contributed by atoms with E-state index in [0.29, 0.717) is 20.7 Å². The van der Waals surface area contributed by atoms with Crippen LogP contribution in [0.4, 0.5) is 11.4 Å². The van der Waals surface area contributed by atoms with E-state index in [4.69, 9.17) is 4.74 Å². The number of nitrogens with one attached hydrogen (secondary N) is 1. The number of nitrogens with zero attached hydrogens (tertiary/aromatic N) is 1. The summed E-state index contributed by atoms with van der Waals surface area (Å²) in [4.78, 5) is 36.7. The van der Waals surface area contributed by atoms with Crippen LogP contribution in [-0.2, 0) is 9.53 Å². The summed E-state index contributed by atoms with van der Waals surface area (Å²) in [5, 5.41) is 14.7. The summed E-state index contributed by atoms with van der Waals surface area (Å²) in [6.45, 7) is 3.21. The van der Waals surface area contributed by atoms with Crippen molar-refractivity contribution >= 4 is 56.4 Å². The zero-order valence-corrected chi connectivity index (χ0v) is 16.7. The molecule has 144 valence electrons. The molecule has 0 bridgehead atoms. The van der Waals surface area contributed by atoms with E-state index in [2.05, 4.69) is 5.32 Å². The first-order valence-corrected chi connectivity index (χ1v) is 9.96. The molecule has 0 radical (unpaired) electrons. The molecule has 1 amide bonds. The lowest BCUT2D eigenvalue weighted by molar-refractivity contribution is -0.384. The Bertz CT molecular complexity index is 1060. The number of non-ortho nitro benzene ring substituents is 1. The number of carbonyl (C=O) groups is 2. The standard InChI is InChI=1S/C19H16N2O5S2/c1-3-26-19(23)18-17(20-11(2)22)16-14(27-13-7-5-4-6-8-13)9-12(21(24)25)10-15(16)28-18/h4-10H,3H2,1-2H3,(H,20,22). The maximum Gasteiger partial charge on any atom is 0.350 e. The molecule has 0 aliphatic heterocycles. The molecule has 3 rings (SSSR count). The zero-order valence-electron chi connectivity index (χ0n) is 15.1. The number of ether oxygens (including phenoxy) is 1. The largest absolute Gasteiger partial charge is 0.462 e. The highest BCUT2D eigenvalue weighted by Crippen LogP contribution is 2.45. The molecular formula is C19H16N2O5S2. The van der Waals surface area contributed by atoms with Crippen LogP contribution in [0, 0.1) is 10.1 Å². The van der Waals surface area contributed by atoms with Crippen molar-refractivity contribution in [3.63, 3.8) is 0 Å². The fourth-order valence-electron chi connectivity index (χ4n) is 2.61. The Morgan fingerprint density at radius 3 is 2.57 bits per heavy atom. The van der Waals surface area contributed by atoms with Crippen molar-refractivity contribution in [1.82, 2.24) is 0 Å². The highest BCUT2D eigenvalue weighted by atomic mass is 32.2. The van der Waals surface area contributed by atoms with Gasteiger partial charge in [0.15, 0.2) is 0 Å². The Labute approximate surface area is 168 Å². The van der Waals surface area contributed by atoms with Crippen molar-refractivity contribution in [2.75, 3.05) is 11.9 Å². The van der Waals surface area contributed by atoms with Crippen LogP contribution in [-0.4, -0.2) is 23.4 Å². The summed E-state index contributed by atoms with van der Waals surface area (Å²) in [6.07, 6.45) is 0. The Kier molecular flexibility index (Phi) is 5.96. The van der Waals surface area contributed by atoms with Crippen molar-refractivity contribution in [1.29, 1.82) is 0 Å². The number of hydrogen-bond donors (Lipinski definition) is 1. The van der Waals surface area contributed by atoms with Gasteiger partial charge in [0, 0.05) is 38.9 Å². The van der Waals surface area contributed by atoms with Crippen LogP contribution in [0.15, 0.2) is 52.3 Å². The third kappa shape index (κ3) is 4.15. The van der Waals surface area contributed by atoms with Crippen LogP contribution in [0.2, 0.25) is 0 Å². The summed E-state index contributed by atoms with van der Waals surface area (Å²) >= 11 is 2.39. The smallest absolute Gasteiger partial charge is 0.350 e. The number of benzene rings is 2. The molecule has 28 heavy (non-hydrogen) atoms. The number of nitro benzene ring substituents is 1. The van der Waals surface area contributed by atoms with Crippen LogP contribution in [0.5, 0.6) is 0 Å². The SMILES string of the molecule is CCOC(=O)c1sc2cc([N+](=O)[O-])cc(Sc3ccccc3)c2c1NC(C)=O. The Morgan fingerprint density at radius 2 is 1.96 bits per heavy atom. The number of fused-ring (bicyclic) bond motifs is 1. The van der Waals surface area contributed by atoms with Gasteiger partial charge in [0.25, 0.3) is 5.69 Å². The van der Waals surface area contributed by atoms with Gasteiger partial charge < -0.3 is 10.1 Å². The van der Waals surface area contributed by atoms with Gasteiger partial charge in [-0.3, -0.25) is 14.9 Å². The predicted octanol–water partition coefficient (Wildman–Crippen LogP) is 5.10. The summed E-state index contributed by atoms with van der Waals surface area (Å²) in [5.41, 5.74) is 0.233. The van der Waals surface area contributed by atoms with E-state index in [9.17, 15) is 19.7 Å². The lowest BCUT2D eigenvalue weighted by atomic mass is 10.2. The Morgan fingerprint density at radius 1 is 1.25 bits per heavy atom. The van der Waals surface area contributed by atoms with Crippen LogP contribution in [0.1, 0.15) is 23.5 Å². The number of carbonyl (C=O) groups excluding carboxylic acids is 2. The number of amides is 1. The maximum absolute atomic E-state index is 12.4. The number of rotatable bonds is 6. The van der Waals surface area contributed by atoms with Gasteiger partial charge in [-0.1, -0.05) is 30.0 Å². The highest BCUT2D eigenvalue weighted by Gasteiger charge is 2.25. The quantitative estimate of drug-likeness (QED) is 0.341. The van der Waals surface area contributed by atoms with Gasteiger partial charge in [-0.2, -0.15) is 0 Å². The van der Waals surface area contributed by atoms with E-state index in [-0.39, 0.29) is 23.1 Å². The van der Waals surface area contributed by atoms with Crippen LogP contribution < -0.4 is 5.32 Å². The molecule has 0 saturated heterocycles. The van der Waals surface area contributed by atoms with E-state index in [1.165, 1.54) is 30.8 Å². The minimum atomic E-state index is -0.578. The molecule has 0 aliphatic rings. The van der Waals surface area contributed by atoms with E-state index < -0.39 is 10.9 Å². The molecule has 7 nitrogen and oxygen atoms in total. The first kappa shape index (κ1) is 19.8. The normalized spacial score (nSPS) is 10.6. The first-order chi connectivity index (χ1) is 13.4. The summed E-state index contributed by atoms with van der Waals surface area (Å²) in [6, 6.07) is 12.2. The lowest BCUT2D eigenvalue weighted by Crippen LogP contribution is -2.11. The fourth-order valence-corrected chi connectivity index (χ4v) is 4.83. The number of anilines is 1. The third-order valence-electron chi connectivity index (χ3n) is 3.68. The van der Waals surface area contributed by atoms with Gasteiger partial charge >= 0.3 is 5.97 Å². The molecule has 1 N–H and O–H groups in total. The van der Waals surface area contributed by atoms with E-state index in [1.807, 2.05) is 30.3 Å². The molecule has 0 atom stereocenters. The van der Waals surface area contributed by atoms with E-state index in [1.54, 1.807) is 6.92 Å². The molecule has 3 aromatic rings. The minimum Gasteiger partial charge on any atom is -0.462 e. The molecule has 0 spiro atoms. The molecule has 9 heteroatoms. The average Bonchev–Trinajstić information content (AvgIpc) is 3.01. The van der Waals surface area contributed by atoms with Crippen LogP contribution >= 0.6 is 23.1 Å². The number of esters is 1. The van der Waals surface area contributed by atoms with E-state index in [0.717, 1.165) is 16.2 Å². The number of thiophene rings is 1. The van der Waals surface area contributed by atoms with Gasteiger partial charge in [0.2, 0.25) is 5.91 Å². The van der Waals surface area contributed by atoms with Gasteiger partial charge in [-0.15, -0.1) is 11.3 Å². The molecule has 0 saturated carbocycles. The number of nitro groups is 1. The van der Waals surface area contributed by atoms with Crippen LogP contribution in [0.25, 0.3) is 10.1 Å². The Hall–Kier alpha value is -2.91. The van der Waals surface area contributed by atoms with Crippen molar-refractivity contribution in [2.45, 2.75) is 23.6 Å². The zero-order chi connectivity index (χ0) is 20.3. The van der Waals surface area contributed by atoms with Crippen molar-refractivity contribution in [2.24, 2.45) is 0 Å². The second-order valence-electron chi connectivity index (χ2n) is 5.70. The second kappa shape index (κ2) is 8.41. The van der Waals surface area contributed by atoms with Gasteiger partial charge in [0.1, 0.15) is 4.88 Å². The fraction of sp³-hybridized carbons (Fsp3) is 0.158. The topological polar surface area (TPSA) is 98.5 Å². The van der Waals surface area contributed by atoms with E-state index >= 15 is 0 Å². The summed E-state index contributed by atoms with van der Waals surface area (Å²) < 4.78 is 5.62. The second-order valence-corrected chi connectivity index (χ2v) is 7.86. The molecule has 0 fully saturated rings. The van der Waals surface area contributed by atoms with Crippen LogP contribution in [0.3, 0.4) is 0 Å². The molecule has 1 heterocycles. The molecule has 0 aliphatic carbocycles. The third-order valence-corrected chi connectivity index (χ3v) is 5.85. The molecule has 1 aromatic heterocycles. The minimum absolute atomic E-state index is 0.0861. The van der Waals surface area contributed by atoms with Gasteiger partial charge in [0.05, 0.1) is 17.2 Å². The lowest BCUT2D eigenvalue weighted by Gasteiger charge is -2.08. The van der Waals surface area contributed by atoms with Gasteiger partial charge in [-0.05, 0) is 19.1 Å². The van der Waals surface area contributed by atoms with Gasteiger partial charge in [-0.25, -0.2) is 4.79 Å². The molecule has 0 unspecified atom stereocenters. The maximum atomic E-state index is 12.4. The molecular weight excluding hydrogens is 400 g/mol. The number of hydrogen-bond acceptors (Lipinski definition) is 7. The van der Waals surface area contributed by atoms with Crippen molar-refractivity contribution in [3.05, 3.63) is 57.5 Å². The highest BCUT2D eigenvalue weighted by molar-refractivity contribution is 7.99. The predicted molar refractivity (Wildman–Crippen MR) is 109 cm³/mol. The monoisotopic (exact) mass is 416 g/mol. The molecule has 2 aromatic carbocycles. The summed E-state index contributed by atoms with van der Waals surface area (Å²) in [5.74, 6) is -0.926. The van der Waals surface area contributed by atoms with Crippen molar-refractivity contribution < 1.29 is 19.2 Å². The Balaban J connectivity index is 2.27. The summed E-state index contributed by atoms with van der Waals surface area (Å²) in [7, 11) is 0. The average molecular weight is 416 g/mol.